The summed E-state index contributed by atoms with van der Waals surface area (Å²) in [6.45, 7) is 0. The number of nitrogens with two attached hydrogens (primary N) is 1. The Hall–Kier alpha value is -2.27. The van der Waals surface area contributed by atoms with Crippen molar-refractivity contribution < 1.29 is 4.74 Å². The third kappa shape index (κ3) is 2.64. The summed E-state index contributed by atoms with van der Waals surface area (Å²) in [7, 11) is 1.64. The van der Waals surface area contributed by atoms with Gasteiger partial charge in [0, 0.05) is 15.9 Å². The molecule has 0 amide bonds. The molecule has 3 N–H and O–H groups in total. The van der Waals surface area contributed by atoms with Gasteiger partial charge in [0.2, 0.25) is 0 Å². The van der Waals surface area contributed by atoms with E-state index >= 15 is 0 Å². The van der Waals surface area contributed by atoms with Crippen molar-refractivity contribution in [3.8, 4) is 5.75 Å². The maximum Gasteiger partial charge on any atom is 0.121 e. The maximum atomic E-state index is 6.08. The van der Waals surface area contributed by atoms with Gasteiger partial charge in [-0.05, 0) is 34.1 Å². The molecule has 4 nitrogen and oxygen atoms in total. The summed E-state index contributed by atoms with van der Waals surface area (Å²) < 4.78 is 6.19. The minimum atomic E-state index is 0.600. The van der Waals surface area contributed by atoms with E-state index in [-0.39, 0.29) is 0 Å². The van der Waals surface area contributed by atoms with Crippen LogP contribution in [0.2, 0.25) is 0 Å². The van der Waals surface area contributed by atoms with Crippen LogP contribution >= 0.6 is 15.9 Å². The van der Waals surface area contributed by atoms with Crippen molar-refractivity contribution in [2.24, 2.45) is 0 Å². The summed E-state index contributed by atoms with van der Waals surface area (Å²) in [4.78, 5) is 4.34. The molecule has 0 unspecified atom stereocenters. The molecule has 5 heteroatoms. The number of anilines is 3. The van der Waals surface area contributed by atoms with E-state index in [2.05, 4.69) is 26.2 Å². The average molecular weight is 344 g/mol. The molecule has 1 aromatic heterocycles. The molecule has 0 atom stereocenters. The van der Waals surface area contributed by atoms with Crippen LogP contribution < -0.4 is 15.8 Å². The van der Waals surface area contributed by atoms with E-state index in [0.717, 1.165) is 32.5 Å². The lowest BCUT2D eigenvalue weighted by Gasteiger charge is -2.14. The molecule has 0 radical (unpaired) electrons. The fraction of sp³-hybridized carbons (Fsp3) is 0.0625. The summed E-state index contributed by atoms with van der Waals surface area (Å²) >= 11 is 3.53. The number of nitrogen functional groups attached to an aromatic ring is 1. The van der Waals surface area contributed by atoms with Crippen LogP contribution in [0.15, 0.2) is 53.1 Å². The first-order valence-corrected chi connectivity index (χ1v) is 7.22. The number of methoxy groups -OCH3 is 1. The number of fused-ring (bicyclic) bond motifs is 1. The maximum absolute atomic E-state index is 6.08. The van der Waals surface area contributed by atoms with Crippen LogP contribution in [0.3, 0.4) is 0 Å². The number of pyridine rings is 1. The molecule has 1 heterocycles. The standard InChI is InChI=1S/C16H14BrN3O/c1-21-10-6-7-12(17)15(8-10)20-16-11-4-2-3-5-14(11)19-9-13(16)18/h2-9H,18H2,1H3,(H,19,20). The predicted molar refractivity (Wildman–Crippen MR) is 90.1 cm³/mol. The smallest absolute Gasteiger partial charge is 0.121 e. The number of aromatic nitrogens is 1. The third-order valence-electron chi connectivity index (χ3n) is 3.24. The Morgan fingerprint density at radius 2 is 2.00 bits per heavy atom. The summed E-state index contributed by atoms with van der Waals surface area (Å²) in [6.07, 6.45) is 1.67. The average Bonchev–Trinajstić information content (AvgIpc) is 2.52. The van der Waals surface area contributed by atoms with Gasteiger partial charge in [0.15, 0.2) is 0 Å². The van der Waals surface area contributed by atoms with Crippen molar-refractivity contribution >= 4 is 43.9 Å². The van der Waals surface area contributed by atoms with Crippen LogP contribution in [0.1, 0.15) is 0 Å². The molecular formula is C16H14BrN3O. The van der Waals surface area contributed by atoms with Gasteiger partial charge in [0.05, 0.1) is 35.9 Å². The van der Waals surface area contributed by atoms with E-state index in [4.69, 9.17) is 10.5 Å². The summed E-state index contributed by atoms with van der Waals surface area (Å²) in [5, 5.41) is 4.35. The topological polar surface area (TPSA) is 60.2 Å². The van der Waals surface area contributed by atoms with E-state index < -0.39 is 0 Å². The summed E-state index contributed by atoms with van der Waals surface area (Å²) in [5.74, 6) is 0.776. The number of nitrogens with zero attached hydrogens (tertiary/aromatic N) is 1. The normalized spacial score (nSPS) is 10.6. The fourth-order valence-corrected chi connectivity index (χ4v) is 2.50. The zero-order valence-corrected chi connectivity index (χ0v) is 13.0. The first kappa shape index (κ1) is 13.7. The largest absolute Gasteiger partial charge is 0.497 e. The first-order valence-electron chi connectivity index (χ1n) is 6.43. The van der Waals surface area contributed by atoms with Crippen molar-refractivity contribution in [1.29, 1.82) is 0 Å². The number of rotatable bonds is 3. The van der Waals surface area contributed by atoms with Crippen LogP contribution in [0.5, 0.6) is 5.75 Å². The van der Waals surface area contributed by atoms with Gasteiger partial charge < -0.3 is 15.8 Å². The molecule has 21 heavy (non-hydrogen) atoms. The van der Waals surface area contributed by atoms with Gasteiger partial charge in [-0.3, -0.25) is 4.98 Å². The van der Waals surface area contributed by atoms with Crippen LogP contribution in [0.25, 0.3) is 10.9 Å². The Balaban J connectivity index is 2.12. The molecule has 0 aliphatic carbocycles. The SMILES string of the molecule is COc1ccc(Br)c(Nc2c(N)cnc3ccccc23)c1. The zero-order valence-electron chi connectivity index (χ0n) is 11.4. The highest BCUT2D eigenvalue weighted by Crippen LogP contribution is 2.35. The zero-order chi connectivity index (χ0) is 14.8. The molecule has 0 saturated carbocycles. The fourth-order valence-electron chi connectivity index (χ4n) is 2.16. The third-order valence-corrected chi connectivity index (χ3v) is 3.93. The second-order valence-corrected chi connectivity index (χ2v) is 5.43. The van der Waals surface area contributed by atoms with Crippen LogP contribution in [0, 0.1) is 0 Å². The van der Waals surface area contributed by atoms with E-state index in [1.807, 2.05) is 42.5 Å². The lowest BCUT2D eigenvalue weighted by Crippen LogP contribution is -1.99. The molecule has 2 aromatic carbocycles. The lowest BCUT2D eigenvalue weighted by molar-refractivity contribution is 0.415. The van der Waals surface area contributed by atoms with Gasteiger partial charge in [-0.25, -0.2) is 0 Å². The van der Waals surface area contributed by atoms with Crippen molar-refractivity contribution in [2.45, 2.75) is 0 Å². The minimum absolute atomic E-state index is 0.600. The van der Waals surface area contributed by atoms with Crippen molar-refractivity contribution in [2.75, 3.05) is 18.2 Å². The molecule has 0 fully saturated rings. The predicted octanol–water partition coefficient (Wildman–Crippen LogP) is 4.33. The summed E-state index contributed by atoms with van der Waals surface area (Å²) in [5.41, 5.74) is 9.31. The molecule has 3 aromatic rings. The molecule has 3 rings (SSSR count). The van der Waals surface area contributed by atoms with Gasteiger partial charge in [0.1, 0.15) is 5.75 Å². The monoisotopic (exact) mass is 343 g/mol. The van der Waals surface area contributed by atoms with Gasteiger partial charge in [-0.1, -0.05) is 18.2 Å². The van der Waals surface area contributed by atoms with Crippen LogP contribution in [-0.4, -0.2) is 12.1 Å². The quantitative estimate of drug-likeness (QED) is 0.742. The molecule has 0 bridgehead atoms. The Kier molecular flexibility index (Phi) is 3.66. The highest BCUT2D eigenvalue weighted by Gasteiger charge is 2.09. The Morgan fingerprint density at radius 3 is 2.81 bits per heavy atom. The number of hydrogen-bond donors (Lipinski definition) is 2. The lowest BCUT2D eigenvalue weighted by atomic mass is 10.1. The molecule has 0 aliphatic heterocycles. The first-order chi connectivity index (χ1) is 10.2. The minimum Gasteiger partial charge on any atom is -0.497 e. The molecule has 0 spiro atoms. The highest BCUT2D eigenvalue weighted by atomic mass is 79.9. The van der Waals surface area contributed by atoms with E-state index in [1.165, 1.54) is 0 Å². The Labute approximate surface area is 131 Å². The molecule has 0 aliphatic rings. The Morgan fingerprint density at radius 1 is 1.19 bits per heavy atom. The van der Waals surface area contributed by atoms with Crippen LogP contribution in [-0.2, 0) is 0 Å². The van der Waals surface area contributed by atoms with Crippen molar-refractivity contribution in [1.82, 2.24) is 4.98 Å². The number of hydrogen-bond acceptors (Lipinski definition) is 4. The number of nitrogens with one attached hydrogen (secondary N) is 1. The van der Waals surface area contributed by atoms with E-state index in [1.54, 1.807) is 13.3 Å². The number of ether oxygens (including phenoxy) is 1. The number of benzene rings is 2. The van der Waals surface area contributed by atoms with Gasteiger partial charge in [-0.2, -0.15) is 0 Å². The molecular weight excluding hydrogens is 330 g/mol. The van der Waals surface area contributed by atoms with E-state index in [0.29, 0.717) is 5.69 Å². The molecule has 0 saturated heterocycles. The number of halogens is 1. The van der Waals surface area contributed by atoms with Gasteiger partial charge >= 0.3 is 0 Å². The van der Waals surface area contributed by atoms with E-state index in [9.17, 15) is 0 Å². The second kappa shape index (κ2) is 5.61. The van der Waals surface area contributed by atoms with Crippen molar-refractivity contribution in [3.05, 3.63) is 53.1 Å². The van der Waals surface area contributed by atoms with Crippen molar-refractivity contribution in [3.63, 3.8) is 0 Å². The summed E-state index contributed by atoms with van der Waals surface area (Å²) in [6, 6.07) is 13.6. The molecule has 106 valence electrons. The highest BCUT2D eigenvalue weighted by molar-refractivity contribution is 9.10. The Bertz CT molecular complexity index is 805. The second-order valence-electron chi connectivity index (χ2n) is 4.58. The van der Waals surface area contributed by atoms with Gasteiger partial charge in [-0.15, -0.1) is 0 Å². The van der Waals surface area contributed by atoms with Gasteiger partial charge in [0.25, 0.3) is 0 Å². The number of para-hydroxylation sites is 1. The van der Waals surface area contributed by atoms with Crippen LogP contribution in [0.4, 0.5) is 17.1 Å².